The van der Waals surface area contributed by atoms with E-state index >= 15 is 0 Å². The number of benzene rings is 3. The molecular formula is C21H14ClNO3. The van der Waals surface area contributed by atoms with E-state index in [1.165, 1.54) is 4.90 Å². The summed E-state index contributed by atoms with van der Waals surface area (Å²) >= 11 is 5.86. The number of rotatable bonds is 4. The van der Waals surface area contributed by atoms with Crippen LogP contribution >= 0.6 is 11.6 Å². The highest BCUT2D eigenvalue weighted by molar-refractivity contribution is 6.34. The van der Waals surface area contributed by atoms with E-state index in [2.05, 4.69) is 0 Å². The van der Waals surface area contributed by atoms with E-state index in [0.717, 1.165) is 5.56 Å². The van der Waals surface area contributed by atoms with Gasteiger partial charge in [-0.05, 0) is 54.1 Å². The summed E-state index contributed by atoms with van der Waals surface area (Å²) in [6, 6.07) is 21.2. The molecule has 2 amide bonds. The highest BCUT2D eigenvalue weighted by Crippen LogP contribution is 2.29. The first kappa shape index (κ1) is 16.4. The van der Waals surface area contributed by atoms with Gasteiger partial charge >= 0.3 is 0 Å². The molecule has 4 rings (SSSR count). The average molecular weight is 364 g/mol. The first-order chi connectivity index (χ1) is 12.6. The van der Waals surface area contributed by atoms with Crippen molar-refractivity contribution in [2.24, 2.45) is 0 Å². The van der Waals surface area contributed by atoms with Crippen LogP contribution < -0.4 is 9.64 Å². The van der Waals surface area contributed by atoms with Gasteiger partial charge in [-0.3, -0.25) is 9.59 Å². The van der Waals surface area contributed by atoms with Gasteiger partial charge in [-0.15, -0.1) is 0 Å². The molecule has 26 heavy (non-hydrogen) atoms. The average Bonchev–Trinajstić information content (AvgIpc) is 2.93. The number of nitrogens with zero attached hydrogens (tertiary/aromatic N) is 1. The van der Waals surface area contributed by atoms with Gasteiger partial charge in [-0.2, -0.15) is 0 Å². The first-order valence-corrected chi connectivity index (χ1v) is 8.46. The Morgan fingerprint density at radius 1 is 0.808 bits per heavy atom. The number of anilines is 1. The summed E-state index contributed by atoms with van der Waals surface area (Å²) in [5.74, 6) is 0.0864. The minimum absolute atomic E-state index is 0.304. The van der Waals surface area contributed by atoms with Gasteiger partial charge in [-0.1, -0.05) is 35.9 Å². The summed E-state index contributed by atoms with van der Waals surface area (Å²) in [5, 5.41) is 0.643. The Labute approximate surface area is 155 Å². The van der Waals surface area contributed by atoms with Crippen LogP contribution in [0.4, 0.5) is 5.69 Å². The van der Waals surface area contributed by atoms with Gasteiger partial charge in [0, 0.05) is 5.02 Å². The van der Waals surface area contributed by atoms with Crippen LogP contribution in [0, 0.1) is 0 Å². The maximum Gasteiger partial charge on any atom is 0.266 e. The molecule has 0 radical (unpaired) electrons. The molecular weight excluding hydrogens is 350 g/mol. The third-order valence-electron chi connectivity index (χ3n) is 4.18. The fourth-order valence-corrected chi connectivity index (χ4v) is 3.03. The zero-order valence-electron chi connectivity index (χ0n) is 13.7. The van der Waals surface area contributed by atoms with Crippen LogP contribution in [0.1, 0.15) is 26.3 Å². The Bertz CT molecular complexity index is 963. The Hall–Kier alpha value is -3.11. The molecule has 0 spiro atoms. The second kappa shape index (κ2) is 6.65. The summed E-state index contributed by atoms with van der Waals surface area (Å²) in [6.07, 6.45) is 0. The van der Waals surface area contributed by atoms with Crippen molar-refractivity contribution in [2.75, 3.05) is 4.90 Å². The number of hydrogen-bond donors (Lipinski definition) is 0. The zero-order chi connectivity index (χ0) is 18.1. The molecule has 0 bridgehead atoms. The minimum atomic E-state index is -0.304. The molecule has 0 N–H and O–H groups in total. The molecule has 0 atom stereocenters. The molecule has 0 unspecified atom stereocenters. The second-order valence-electron chi connectivity index (χ2n) is 5.90. The van der Waals surface area contributed by atoms with Gasteiger partial charge < -0.3 is 4.74 Å². The number of amides is 2. The van der Waals surface area contributed by atoms with Gasteiger partial charge in [0.1, 0.15) is 12.4 Å². The smallest absolute Gasteiger partial charge is 0.266 e. The number of imide groups is 1. The summed E-state index contributed by atoms with van der Waals surface area (Å²) in [6.45, 7) is 0.318. The quantitative estimate of drug-likeness (QED) is 0.630. The topological polar surface area (TPSA) is 46.6 Å². The molecule has 128 valence electrons. The van der Waals surface area contributed by atoms with E-state index in [1.807, 2.05) is 6.07 Å². The lowest BCUT2D eigenvalue weighted by molar-refractivity contribution is 0.0926. The van der Waals surface area contributed by atoms with Gasteiger partial charge in [-0.25, -0.2) is 4.90 Å². The number of carbonyl (C=O) groups excluding carboxylic acids is 2. The highest BCUT2D eigenvalue weighted by atomic mass is 35.5. The third-order valence-corrected chi connectivity index (χ3v) is 4.43. The van der Waals surface area contributed by atoms with Crippen LogP contribution in [-0.4, -0.2) is 11.8 Å². The normalized spacial score (nSPS) is 13.0. The Morgan fingerprint density at radius 3 is 2.12 bits per heavy atom. The molecule has 1 aliphatic rings. The standard InChI is InChI=1S/C21H14ClNO3/c22-15-8-10-17(11-9-15)26-13-14-4-3-5-16(12-14)23-20(24)18-6-1-2-7-19(18)21(23)25/h1-12H,13H2. The van der Waals surface area contributed by atoms with Crippen molar-refractivity contribution in [1.82, 2.24) is 0 Å². The van der Waals surface area contributed by atoms with E-state index < -0.39 is 0 Å². The van der Waals surface area contributed by atoms with E-state index in [4.69, 9.17) is 16.3 Å². The summed E-state index contributed by atoms with van der Waals surface area (Å²) in [4.78, 5) is 26.4. The van der Waals surface area contributed by atoms with Crippen LogP contribution in [-0.2, 0) is 6.61 Å². The van der Waals surface area contributed by atoms with Crippen molar-refractivity contribution in [3.63, 3.8) is 0 Å². The number of hydrogen-bond acceptors (Lipinski definition) is 3. The van der Waals surface area contributed by atoms with E-state index in [-0.39, 0.29) is 11.8 Å². The predicted molar refractivity (Wildman–Crippen MR) is 99.8 cm³/mol. The molecule has 0 aromatic heterocycles. The molecule has 0 saturated heterocycles. The summed E-state index contributed by atoms with van der Waals surface area (Å²) < 4.78 is 5.73. The van der Waals surface area contributed by atoms with Crippen LogP contribution in [0.25, 0.3) is 0 Å². The van der Waals surface area contributed by atoms with Gasteiger partial charge in [0.25, 0.3) is 11.8 Å². The summed E-state index contributed by atoms with van der Waals surface area (Å²) in [5.41, 5.74) is 2.25. The molecule has 0 saturated carbocycles. The van der Waals surface area contributed by atoms with Crippen molar-refractivity contribution in [2.45, 2.75) is 6.61 Å². The molecule has 1 aliphatic heterocycles. The van der Waals surface area contributed by atoms with Crippen molar-refractivity contribution in [1.29, 1.82) is 0 Å². The fraction of sp³-hybridized carbons (Fsp3) is 0.0476. The van der Waals surface area contributed by atoms with Crippen LogP contribution in [0.15, 0.2) is 72.8 Å². The SMILES string of the molecule is O=C1c2ccccc2C(=O)N1c1cccc(COc2ccc(Cl)cc2)c1. The van der Waals surface area contributed by atoms with Crippen molar-refractivity contribution in [3.8, 4) is 5.75 Å². The Morgan fingerprint density at radius 2 is 1.46 bits per heavy atom. The predicted octanol–water partition coefficient (Wildman–Crippen LogP) is 4.72. The molecule has 3 aromatic rings. The lowest BCUT2D eigenvalue weighted by atomic mass is 10.1. The monoisotopic (exact) mass is 363 g/mol. The van der Waals surface area contributed by atoms with Gasteiger partial charge in [0.05, 0.1) is 16.8 Å². The number of ether oxygens (including phenoxy) is 1. The van der Waals surface area contributed by atoms with Gasteiger partial charge in [0.15, 0.2) is 0 Å². The molecule has 5 heteroatoms. The van der Waals surface area contributed by atoms with Crippen LogP contribution in [0.5, 0.6) is 5.75 Å². The zero-order valence-corrected chi connectivity index (χ0v) is 14.4. The van der Waals surface area contributed by atoms with E-state index in [9.17, 15) is 9.59 Å². The third kappa shape index (κ3) is 2.95. The maximum atomic E-state index is 12.6. The van der Waals surface area contributed by atoms with E-state index in [0.29, 0.717) is 34.2 Å². The second-order valence-corrected chi connectivity index (χ2v) is 6.34. The molecule has 0 fully saturated rings. The highest BCUT2D eigenvalue weighted by Gasteiger charge is 2.36. The maximum absolute atomic E-state index is 12.6. The molecule has 0 aliphatic carbocycles. The number of halogens is 1. The van der Waals surface area contributed by atoms with Crippen LogP contribution in [0.2, 0.25) is 5.02 Å². The molecule has 4 nitrogen and oxygen atoms in total. The number of fused-ring (bicyclic) bond motifs is 1. The minimum Gasteiger partial charge on any atom is -0.489 e. The first-order valence-electron chi connectivity index (χ1n) is 8.08. The van der Waals surface area contributed by atoms with Crippen molar-refractivity contribution >= 4 is 29.1 Å². The molecule has 1 heterocycles. The van der Waals surface area contributed by atoms with E-state index in [1.54, 1.807) is 66.7 Å². The fourth-order valence-electron chi connectivity index (χ4n) is 2.91. The Kier molecular flexibility index (Phi) is 4.19. The lowest BCUT2D eigenvalue weighted by Gasteiger charge is -2.15. The lowest BCUT2D eigenvalue weighted by Crippen LogP contribution is -2.29. The van der Waals surface area contributed by atoms with Crippen molar-refractivity contribution < 1.29 is 14.3 Å². The van der Waals surface area contributed by atoms with Gasteiger partial charge in [0.2, 0.25) is 0 Å². The largest absolute Gasteiger partial charge is 0.489 e. The number of carbonyl (C=O) groups is 2. The summed E-state index contributed by atoms with van der Waals surface area (Å²) in [7, 11) is 0. The van der Waals surface area contributed by atoms with Crippen molar-refractivity contribution in [3.05, 3.63) is 94.5 Å². The molecule has 3 aromatic carbocycles. The van der Waals surface area contributed by atoms with Crippen LogP contribution in [0.3, 0.4) is 0 Å². The Balaban J connectivity index is 1.56.